The zero-order valence-corrected chi connectivity index (χ0v) is 23.2. The molecule has 4 atom stereocenters. The van der Waals surface area contributed by atoms with Crippen molar-refractivity contribution in [2.24, 2.45) is 5.92 Å². The molecular weight excluding hydrogens is 524 g/mol. The third kappa shape index (κ3) is 3.66. The third-order valence-electron chi connectivity index (χ3n) is 9.21. The SMILES string of the molecule is O=C(/C=C/c1ccc2ccccc2c1)[C@H]1[C@H](c2ccc3ccccc3c2)[C@H]2CSCN2[C@]12C(=O)Nc1ccccc12. The van der Waals surface area contributed by atoms with Gasteiger partial charge in [-0.1, -0.05) is 103 Å². The second-order valence-electron chi connectivity index (χ2n) is 11.3. The van der Waals surface area contributed by atoms with Gasteiger partial charge >= 0.3 is 0 Å². The van der Waals surface area contributed by atoms with Gasteiger partial charge in [0.15, 0.2) is 5.78 Å². The smallest absolute Gasteiger partial charge is 0.250 e. The second kappa shape index (κ2) is 9.44. The molecule has 1 N–H and O–H groups in total. The van der Waals surface area contributed by atoms with Crippen molar-refractivity contribution in [3.8, 4) is 0 Å². The third-order valence-corrected chi connectivity index (χ3v) is 10.2. The molecule has 8 rings (SSSR count). The first-order valence-electron chi connectivity index (χ1n) is 14.1. The van der Waals surface area contributed by atoms with Crippen molar-refractivity contribution in [3.05, 3.63) is 132 Å². The number of anilines is 1. The van der Waals surface area contributed by atoms with E-state index in [9.17, 15) is 9.59 Å². The Kier molecular flexibility index (Phi) is 5.66. The average molecular weight is 553 g/mol. The van der Waals surface area contributed by atoms with E-state index in [0.29, 0.717) is 5.88 Å². The Labute approximate surface area is 243 Å². The summed E-state index contributed by atoms with van der Waals surface area (Å²) in [4.78, 5) is 31.1. The second-order valence-corrected chi connectivity index (χ2v) is 12.3. The van der Waals surface area contributed by atoms with Gasteiger partial charge in [-0.15, -0.1) is 11.8 Å². The van der Waals surface area contributed by atoms with Gasteiger partial charge in [0, 0.05) is 34.8 Å². The summed E-state index contributed by atoms with van der Waals surface area (Å²) in [5.41, 5.74) is 2.76. The molecule has 0 unspecified atom stereocenters. The lowest BCUT2D eigenvalue weighted by Crippen LogP contribution is -2.52. The summed E-state index contributed by atoms with van der Waals surface area (Å²) in [6, 6.07) is 37.3. The van der Waals surface area contributed by atoms with Crippen molar-refractivity contribution in [1.29, 1.82) is 0 Å². The van der Waals surface area contributed by atoms with Crippen LogP contribution in [0.15, 0.2) is 115 Å². The lowest BCUT2D eigenvalue weighted by Gasteiger charge is -2.36. The van der Waals surface area contributed by atoms with Crippen LogP contribution in [-0.4, -0.2) is 34.3 Å². The highest BCUT2D eigenvalue weighted by molar-refractivity contribution is 7.99. The van der Waals surface area contributed by atoms with Crippen LogP contribution in [0.2, 0.25) is 0 Å². The highest BCUT2D eigenvalue weighted by Crippen LogP contribution is 2.61. The highest BCUT2D eigenvalue weighted by atomic mass is 32.2. The highest BCUT2D eigenvalue weighted by Gasteiger charge is 2.69. The lowest BCUT2D eigenvalue weighted by molar-refractivity contribution is -0.134. The molecule has 0 saturated carbocycles. The number of benzene rings is 5. The van der Waals surface area contributed by atoms with Crippen LogP contribution < -0.4 is 5.32 Å². The monoisotopic (exact) mass is 552 g/mol. The zero-order valence-electron chi connectivity index (χ0n) is 22.4. The number of nitrogens with one attached hydrogen (secondary N) is 1. The minimum atomic E-state index is -1.05. The quantitative estimate of drug-likeness (QED) is 0.239. The Bertz CT molecular complexity index is 1900. The number of ketones is 1. The van der Waals surface area contributed by atoms with Crippen molar-refractivity contribution in [2.45, 2.75) is 17.5 Å². The molecule has 0 bridgehead atoms. The van der Waals surface area contributed by atoms with Crippen molar-refractivity contribution in [3.63, 3.8) is 0 Å². The van der Waals surface area contributed by atoms with E-state index < -0.39 is 11.5 Å². The van der Waals surface area contributed by atoms with Crippen LogP contribution in [0, 0.1) is 5.92 Å². The Morgan fingerprint density at radius 1 is 0.829 bits per heavy atom. The van der Waals surface area contributed by atoms with E-state index in [4.69, 9.17) is 0 Å². The molecule has 200 valence electrons. The lowest BCUT2D eigenvalue weighted by atomic mass is 9.70. The summed E-state index contributed by atoms with van der Waals surface area (Å²) in [7, 11) is 0. The Morgan fingerprint density at radius 2 is 1.51 bits per heavy atom. The van der Waals surface area contributed by atoms with Gasteiger partial charge in [0.25, 0.3) is 0 Å². The fourth-order valence-corrected chi connectivity index (χ4v) is 8.77. The van der Waals surface area contributed by atoms with E-state index in [-0.39, 0.29) is 23.7 Å². The van der Waals surface area contributed by atoms with E-state index in [0.717, 1.165) is 38.9 Å². The first-order chi connectivity index (χ1) is 20.1. The number of allylic oxidation sites excluding steroid dienone is 1. The molecule has 0 aromatic heterocycles. The maximum atomic E-state index is 14.6. The number of hydrogen-bond donors (Lipinski definition) is 1. The van der Waals surface area contributed by atoms with Crippen molar-refractivity contribution >= 4 is 56.8 Å². The molecule has 0 aliphatic carbocycles. The predicted molar refractivity (Wildman–Crippen MR) is 168 cm³/mol. The Hall–Kier alpha value is -4.19. The number of fused-ring (bicyclic) bond motifs is 6. The molecule has 2 fully saturated rings. The Morgan fingerprint density at radius 3 is 2.32 bits per heavy atom. The maximum Gasteiger partial charge on any atom is 0.250 e. The van der Waals surface area contributed by atoms with Gasteiger partial charge in [-0.25, -0.2) is 0 Å². The minimum Gasteiger partial charge on any atom is -0.324 e. The summed E-state index contributed by atoms with van der Waals surface area (Å²) in [6.45, 7) is 0. The minimum absolute atomic E-state index is 0.0115. The molecule has 1 spiro atoms. The van der Waals surface area contributed by atoms with Crippen LogP contribution in [0.1, 0.15) is 22.6 Å². The van der Waals surface area contributed by atoms with Crippen LogP contribution in [0.4, 0.5) is 5.69 Å². The largest absolute Gasteiger partial charge is 0.324 e. The van der Waals surface area contributed by atoms with Crippen LogP contribution in [-0.2, 0) is 15.1 Å². The summed E-state index contributed by atoms with van der Waals surface area (Å²) < 4.78 is 0. The van der Waals surface area contributed by atoms with Gasteiger partial charge in [-0.2, -0.15) is 0 Å². The first kappa shape index (κ1) is 24.6. The van der Waals surface area contributed by atoms with Gasteiger partial charge in [-0.05, 0) is 50.9 Å². The van der Waals surface area contributed by atoms with Crippen molar-refractivity contribution in [1.82, 2.24) is 4.90 Å². The molecular formula is C36H28N2O2S. The normalized spacial score (nSPS) is 25.3. The van der Waals surface area contributed by atoms with Gasteiger partial charge in [-0.3, -0.25) is 14.5 Å². The summed E-state index contributed by atoms with van der Waals surface area (Å²) in [5, 5.41) is 7.78. The number of nitrogens with zero attached hydrogens (tertiary/aromatic N) is 1. The van der Waals surface area contributed by atoms with E-state index in [1.807, 2.05) is 66.4 Å². The van der Waals surface area contributed by atoms with Gasteiger partial charge in [0.1, 0.15) is 5.54 Å². The van der Waals surface area contributed by atoms with Crippen LogP contribution in [0.3, 0.4) is 0 Å². The van der Waals surface area contributed by atoms with Crippen molar-refractivity contribution in [2.75, 3.05) is 16.9 Å². The fraction of sp³-hybridized carbons (Fsp3) is 0.167. The van der Waals surface area contributed by atoms with Crippen molar-refractivity contribution < 1.29 is 9.59 Å². The average Bonchev–Trinajstić information content (AvgIpc) is 3.68. The summed E-state index contributed by atoms with van der Waals surface area (Å²) in [6.07, 6.45) is 3.63. The molecule has 5 aromatic rings. The first-order valence-corrected chi connectivity index (χ1v) is 15.2. The molecule has 3 heterocycles. The molecule has 4 nitrogen and oxygen atoms in total. The predicted octanol–water partition coefficient (Wildman–Crippen LogP) is 7.21. The molecule has 5 heteroatoms. The van der Waals surface area contributed by atoms with Gasteiger partial charge in [0.05, 0.1) is 5.92 Å². The number of rotatable bonds is 4. The van der Waals surface area contributed by atoms with E-state index >= 15 is 0 Å². The fourth-order valence-electron chi connectivity index (χ4n) is 7.44. The number of thioether (sulfide) groups is 1. The molecule has 3 aliphatic heterocycles. The van der Waals surface area contributed by atoms with Crippen LogP contribution >= 0.6 is 11.8 Å². The standard InChI is InChI=1S/C36H28N2O2S/c39-32(18-14-23-13-15-24-7-1-3-9-26(24)19-23)34-33(28-17-16-25-8-2-4-10-27(25)20-28)31-21-41-22-38(31)36(34)29-11-5-6-12-30(29)37-35(36)40/h1-20,31,33-34H,21-22H2,(H,37,40)/b18-14+/t31-,33-,34+,36+/m1/s1. The number of carbonyl (C=O) groups is 2. The summed E-state index contributed by atoms with van der Waals surface area (Å²) in [5.74, 6) is 0.811. The molecule has 3 aliphatic rings. The molecule has 0 radical (unpaired) electrons. The van der Waals surface area contributed by atoms with E-state index in [2.05, 4.69) is 70.9 Å². The van der Waals surface area contributed by atoms with Gasteiger partial charge < -0.3 is 5.32 Å². The number of para-hydroxylation sites is 1. The number of amides is 1. The topological polar surface area (TPSA) is 49.4 Å². The van der Waals surface area contributed by atoms with Gasteiger partial charge in [0.2, 0.25) is 5.91 Å². The molecule has 1 amide bonds. The number of carbonyl (C=O) groups excluding carboxylic acids is 2. The molecule has 2 saturated heterocycles. The van der Waals surface area contributed by atoms with Crippen LogP contribution in [0.25, 0.3) is 27.6 Å². The van der Waals surface area contributed by atoms with E-state index in [1.165, 1.54) is 10.8 Å². The van der Waals surface area contributed by atoms with Crippen LogP contribution in [0.5, 0.6) is 0 Å². The number of hydrogen-bond acceptors (Lipinski definition) is 4. The molecule has 41 heavy (non-hydrogen) atoms. The molecule has 5 aromatic carbocycles. The maximum absolute atomic E-state index is 14.6. The van der Waals surface area contributed by atoms with E-state index in [1.54, 1.807) is 6.08 Å². The summed E-state index contributed by atoms with van der Waals surface area (Å²) >= 11 is 1.85. The Balaban J connectivity index is 1.29. The zero-order chi connectivity index (χ0) is 27.6.